The summed E-state index contributed by atoms with van der Waals surface area (Å²) < 4.78 is 54.0. The van der Waals surface area contributed by atoms with Crippen molar-refractivity contribution in [3.8, 4) is 29.4 Å². The first-order chi connectivity index (χ1) is 28.7. The normalized spacial score (nSPS) is 22.9. The number of benzene rings is 2. The van der Waals surface area contributed by atoms with Gasteiger partial charge >= 0.3 is 11.8 Å². The molecule has 0 saturated carbocycles. The molecule has 6 atom stereocenters. The van der Waals surface area contributed by atoms with E-state index in [4.69, 9.17) is 15.9 Å². The van der Waals surface area contributed by atoms with Crippen molar-refractivity contribution >= 4 is 39.9 Å². The SMILES string of the molecule is C#Cc1c(F)ccc2cc(O)cc(-c3ncc4c(N5CC6CCC(C5)N6C(=O)OC(C)OC)nc(=O)[nH]c4c3F)c12.CCCCC(C=O)CC.C[C@@]12CCCN1CC(F)C2. The van der Waals surface area contributed by atoms with Crippen LogP contribution in [-0.4, -0.2) is 106 Å². The van der Waals surface area contributed by atoms with Crippen LogP contribution in [0.15, 0.2) is 35.3 Å². The van der Waals surface area contributed by atoms with Crippen molar-refractivity contribution in [2.75, 3.05) is 38.2 Å². The van der Waals surface area contributed by atoms with Gasteiger partial charge in [-0.2, -0.15) is 4.98 Å². The minimum atomic E-state index is -0.888. The van der Waals surface area contributed by atoms with Crippen LogP contribution in [0.25, 0.3) is 32.9 Å². The largest absolute Gasteiger partial charge is 0.508 e. The third-order valence-electron chi connectivity index (χ3n) is 12.4. The van der Waals surface area contributed by atoms with E-state index in [0.717, 1.165) is 44.9 Å². The van der Waals surface area contributed by atoms with Crippen LogP contribution >= 0.6 is 0 Å². The number of aromatic amines is 1. The summed E-state index contributed by atoms with van der Waals surface area (Å²) in [5.74, 6) is 1.09. The number of H-pyrrole nitrogens is 1. The molecular weight excluding hydrogens is 778 g/mol. The maximum absolute atomic E-state index is 16.2. The van der Waals surface area contributed by atoms with Crippen molar-refractivity contribution in [2.24, 2.45) is 5.92 Å². The third kappa shape index (κ3) is 9.24. The molecule has 322 valence electrons. The average molecular weight is 833 g/mol. The second-order valence-corrected chi connectivity index (χ2v) is 16.4. The number of aromatic hydroxyl groups is 1. The molecule has 8 rings (SSSR count). The van der Waals surface area contributed by atoms with Gasteiger partial charge in [0.15, 0.2) is 5.82 Å². The number of rotatable bonds is 9. The van der Waals surface area contributed by atoms with Crippen molar-refractivity contribution in [3.63, 3.8) is 0 Å². The highest BCUT2D eigenvalue weighted by Crippen LogP contribution is 2.41. The number of terminal acetylenes is 1. The first kappa shape index (κ1) is 44.4. The number of nitrogens with one attached hydrogen (secondary N) is 1. The first-order valence-electron chi connectivity index (χ1n) is 20.9. The number of halogens is 3. The zero-order valence-corrected chi connectivity index (χ0v) is 35.0. The van der Waals surface area contributed by atoms with Crippen LogP contribution in [0.2, 0.25) is 0 Å². The van der Waals surface area contributed by atoms with Crippen LogP contribution in [0, 0.1) is 29.9 Å². The van der Waals surface area contributed by atoms with Crippen LogP contribution in [-0.2, 0) is 14.3 Å². The quantitative estimate of drug-likeness (QED) is 0.0973. The number of fused-ring (bicyclic) bond motifs is 5. The predicted octanol–water partition coefficient (Wildman–Crippen LogP) is 7.87. The number of alkyl halides is 1. The Kier molecular flexibility index (Phi) is 14.1. The Hall–Kier alpha value is -5.20. The smallest absolute Gasteiger partial charge is 0.412 e. The number of anilines is 1. The molecule has 4 aliphatic heterocycles. The Bertz CT molecular complexity index is 2290. The van der Waals surface area contributed by atoms with E-state index >= 15 is 4.39 Å². The zero-order valence-electron chi connectivity index (χ0n) is 35.0. The Morgan fingerprint density at radius 2 is 1.92 bits per heavy atom. The third-order valence-corrected chi connectivity index (χ3v) is 12.4. The molecule has 60 heavy (non-hydrogen) atoms. The van der Waals surface area contributed by atoms with E-state index in [1.807, 2.05) is 4.90 Å². The van der Waals surface area contributed by atoms with E-state index in [1.54, 1.807) is 11.8 Å². The molecule has 15 heteroatoms. The lowest BCUT2D eigenvalue weighted by Gasteiger charge is -2.41. The molecule has 4 saturated heterocycles. The molecule has 4 aliphatic rings. The van der Waals surface area contributed by atoms with Gasteiger partial charge in [0, 0.05) is 55.3 Å². The number of hydrogen-bond donors (Lipinski definition) is 2. The molecule has 12 nitrogen and oxygen atoms in total. The van der Waals surface area contributed by atoms with Crippen LogP contribution in [0.3, 0.4) is 0 Å². The van der Waals surface area contributed by atoms with Crippen molar-refractivity contribution in [3.05, 3.63) is 58.1 Å². The molecule has 2 bridgehead atoms. The molecule has 5 unspecified atom stereocenters. The predicted molar refractivity (Wildman–Crippen MR) is 225 cm³/mol. The number of carbonyl (C=O) groups is 2. The number of amides is 1. The second kappa shape index (κ2) is 19.0. The van der Waals surface area contributed by atoms with Gasteiger partial charge in [-0.3, -0.25) is 14.8 Å². The van der Waals surface area contributed by atoms with E-state index in [-0.39, 0.29) is 62.3 Å². The first-order valence-corrected chi connectivity index (χ1v) is 20.9. The molecule has 2 aromatic carbocycles. The molecular formula is C45H55F3N6O6. The number of piperazine rings is 1. The highest BCUT2D eigenvalue weighted by molar-refractivity contribution is 6.03. The van der Waals surface area contributed by atoms with Crippen LogP contribution in [0.4, 0.5) is 23.8 Å². The Morgan fingerprint density at radius 3 is 2.55 bits per heavy atom. The van der Waals surface area contributed by atoms with Crippen LogP contribution in [0.1, 0.15) is 91.0 Å². The number of phenols is 1. The molecule has 4 aromatic rings. The Morgan fingerprint density at radius 1 is 1.18 bits per heavy atom. The fourth-order valence-electron chi connectivity index (χ4n) is 9.11. The Labute approximate surface area is 348 Å². The van der Waals surface area contributed by atoms with Gasteiger partial charge in [0.25, 0.3) is 0 Å². The monoisotopic (exact) mass is 832 g/mol. The zero-order chi connectivity index (χ0) is 43.3. The minimum Gasteiger partial charge on any atom is -0.508 e. The molecule has 0 spiro atoms. The fourth-order valence-corrected chi connectivity index (χ4v) is 9.11. The van der Waals surface area contributed by atoms with Gasteiger partial charge in [-0.25, -0.2) is 22.8 Å². The summed E-state index contributed by atoms with van der Waals surface area (Å²) in [5, 5.41) is 11.2. The molecule has 2 aromatic heterocycles. The number of aldehydes is 1. The van der Waals surface area contributed by atoms with Crippen molar-refractivity contribution in [1.29, 1.82) is 0 Å². The summed E-state index contributed by atoms with van der Waals surface area (Å²) >= 11 is 0. The van der Waals surface area contributed by atoms with E-state index in [0.29, 0.717) is 30.9 Å². The summed E-state index contributed by atoms with van der Waals surface area (Å²) in [4.78, 5) is 52.4. The van der Waals surface area contributed by atoms with Gasteiger partial charge in [-0.1, -0.05) is 38.7 Å². The summed E-state index contributed by atoms with van der Waals surface area (Å²) in [6.45, 7) is 10.6. The molecule has 2 N–H and O–H groups in total. The molecule has 1 amide bonds. The lowest BCUT2D eigenvalue weighted by Crippen LogP contribution is -2.56. The maximum atomic E-state index is 16.2. The summed E-state index contributed by atoms with van der Waals surface area (Å²) in [6.07, 6.45) is 15.5. The van der Waals surface area contributed by atoms with Crippen LogP contribution in [0.5, 0.6) is 5.75 Å². The number of methoxy groups -OCH3 is 1. The summed E-state index contributed by atoms with van der Waals surface area (Å²) in [5.41, 5.74) is -0.949. The summed E-state index contributed by atoms with van der Waals surface area (Å²) in [7, 11) is 1.45. The number of ether oxygens (including phenoxy) is 2. The van der Waals surface area contributed by atoms with Crippen LogP contribution < -0.4 is 10.6 Å². The van der Waals surface area contributed by atoms with Gasteiger partial charge in [0.2, 0.25) is 6.29 Å². The molecule has 0 aliphatic carbocycles. The second-order valence-electron chi connectivity index (χ2n) is 16.4. The van der Waals surface area contributed by atoms with Crippen molar-refractivity contribution < 1.29 is 37.3 Å². The number of unbranched alkanes of at least 4 members (excludes halogenated alkanes) is 1. The highest BCUT2D eigenvalue weighted by atomic mass is 19.1. The van der Waals surface area contributed by atoms with Crippen molar-refractivity contribution in [1.82, 2.24) is 24.8 Å². The van der Waals surface area contributed by atoms with Crippen molar-refractivity contribution in [2.45, 2.75) is 116 Å². The van der Waals surface area contributed by atoms with Gasteiger partial charge in [-0.05, 0) is 88.9 Å². The number of carbonyl (C=O) groups excluding carboxylic acids is 2. The number of pyridine rings is 1. The Balaban J connectivity index is 0.000000260. The van der Waals surface area contributed by atoms with E-state index in [9.17, 15) is 28.3 Å². The maximum Gasteiger partial charge on any atom is 0.412 e. The van der Waals surface area contributed by atoms with E-state index < -0.39 is 35.9 Å². The number of aromatic nitrogens is 3. The van der Waals surface area contributed by atoms with Gasteiger partial charge in [-0.15, -0.1) is 6.42 Å². The summed E-state index contributed by atoms with van der Waals surface area (Å²) in [6, 6.07) is 4.84. The standard InChI is InChI=1S/C29H25F2N5O5.C8H14FN.C8H16O/c1-4-19-22(30)8-5-15-9-18(37)10-20(23(15)19)25-24(31)26-21(11-32-25)27(34-28(38)33-26)35-12-16-6-7-17(13-35)36(16)29(39)41-14(2)40-3;1-8-3-2-4-10(8)6-7(9)5-8;1-3-5-6-8(4-2)7-9/h1,5,8-11,14,16-17,37H,6-7,12-13H2,2-3H3,(H,33,34,38);7H,2-6H2,1H3;7-8H,3-6H2,1-2H3/t;7?,8-;/m.0./s1. The highest BCUT2D eigenvalue weighted by Gasteiger charge is 2.46. The lowest BCUT2D eigenvalue weighted by molar-refractivity contribution is -0.111. The van der Waals surface area contributed by atoms with Gasteiger partial charge in [0.05, 0.1) is 28.6 Å². The number of phenolic OH excluding ortho intramolecular Hbond substituents is 1. The van der Waals surface area contributed by atoms with E-state index in [2.05, 4.69) is 46.5 Å². The van der Waals surface area contributed by atoms with E-state index in [1.165, 1.54) is 63.3 Å². The minimum absolute atomic E-state index is 0.0709. The average Bonchev–Trinajstić information content (AvgIpc) is 3.82. The number of hydrogen-bond acceptors (Lipinski definition) is 10. The van der Waals surface area contributed by atoms with Gasteiger partial charge in [0.1, 0.15) is 35.5 Å². The lowest BCUT2D eigenvalue weighted by atomic mass is 9.96. The number of nitrogens with zero attached hydrogens (tertiary/aromatic N) is 5. The topological polar surface area (TPSA) is 141 Å². The molecule has 6 heterocycles. The van der Waals surface area contributed by atoms with Gasteiger partial charge < -0.3 is 29.3 Å². The molecule has 0 radical (unpaired) electrons. The fraction of sp³-hybridized carbons (Fsp3) is 0.533. The molecule has 4 fully saturated rings.